The molecule has 0 saturated carbocycles. The van der Waals surface area contributed by atoms with E-state index in [4.69, 9.17) is 20.3 Å². The minimum Gasteiger partial charge on any atom is -0.457 e. The molecular weight excluding hydrogens is 444 g/mol. The number of benzene rings is 2. The number of amides is 1. The Morgan fingerprint density at radius 1 is 1.14 bits per heavy atom. The maximum atomic E-state index is 12.0. The number of likely N-dealkylation sites (N-methyl/N-ethyl adjacent to an activating group) is 1. The van der Waals surface area contributed by atoms with Crippen LogP contribution in [0.1, 0.15) is 25.8 Å². The maximum absolute atomic E-state index is 12.0. The molecule has 180 valence electrons. The number of nitrogens with zero attached hydrogens (tertiary/aromatic N) is 5. The highest BCUT2D eigenvalue weighted by atomic mass is 16.5. The Kier molecular flexibility index (Phi) is 6.33. The maximum Gasteiger partial charge on any atom is 0.222 e. The summed E-state index contributed by atoms with van der Waals surface area (Å²) in [5, 5.41) is 5.63. The molecule has 4 aromatic rings. The molecule has 2 aromatic carbocycles. The van der Waals surface area contributed by atoms with Gasteiger partial charge in [-0.2, -0.15) is 5.10 Å². The molecule has 5 rings (SSSR count). The number of ether oxygens (including phenoxy) is 2. The molecule has 2 atom stereocenters. The molecule has 2 aromatic heterocycles. The number of hydrogen-bond donors (Lipinski definition) is 1. The summed E-state index contributed by atoms with van der Waals surface area (Å²) in [5.41, 5.74) is 8.55. The van der Waals surface area contributed by atoms with E-state index in [0.29, 0.717) is 42.1 Å². The Labute approximate surface area is 203 Å². The van der Waals surface area contributed by atoms with Crippen LogP contribution in [0.4, 0.5) is 5.82 Å². The van der Waals surface area contributed by atoms with E-state index >= 15 is 0 Å². The Morgan fingerprint density at radius 3 is 2.63 bits per heavy atom. The summed E-state index contributed by atoms with van der Waals surface area (Å²) in [5.74, 6) is 1.98. The van der Waals surface area contributed by atoms with Gasteiger partial charge in [-0.3, -0.25) is 4.79 Å². The van der Waals surface area contributed by atoms with Gasteiger partial charge in [0.25, 0.3) is 0 Å². The molecule has 2 unspecified atom stereocenters. The Morgan fingerprint density at radius 2 is 1.89 bits per heavy atom. The number of carbonyl (C=O) groups excluding carboxylic acids is 1. The molecule has 0 radical (unpaired) electrons. The quantitative estimate of drug-likeness (QED) is 0.432. The summed E-state index contributed by atoms with van der Waals surface area (Å²) in [6, 6.07) is 17.3. The summed E-state index contributed by atoms with van der Waals surface area (Å²) >= 11 is 0. The average Bonchev–Trinajstić information content (AvgIpc) is 3.50. The smallest absolute Gasteiger partial charge is 0.222 e. The third-order valence-corrected chi connectivity index (χ3v) is 6.24. The van der Waals surface area contributed by atoms with Crippen LogP contribution >= 0.6 is 0 Å². The van der Waals surface area contributed by atoms with Crippen molar-refractivity contribution in [2.24, 2.45) is 0 Å². The molecule has 3 heterocycles. The minimum absolute atomic E-state index is 0.0173. The Balaban J connectivity index is 1.41. The van der Waals surface area contributed by atoms with Gasteiger partial charge in [0.05, 0.1) is 24.1 Å². The molecule has 0 spiro atoms. The van der Waals surface area contributed by atoms with Crippen molar-refractivity contribution < 1.29 is 14.3 Å². The van der Waals surface area contributed by atoms with Crippen molar-refractivity contribution in [2.75, 3.05) is 25.9 Å². The van der Waals surface area contributed by atoms with Gasteiger partial charge in [0.1, 0.15) is 29.3 Å². The molecule has 1 saturated heterocycles. The highest BCUT2D eigenvalue weighted by Crippen LogP contribution is 2.35. The first kappa shape index (κ1) is 22.8. The standard InChI is InChI=1S/C26H28N6O3/c1-3-22(33)31(2)14-21-13-18(15-34-21)32-26-23(25(27)28-16-29-26)24(30-32)17-9-11-20(12-10-17)35-19-7-5-4-6-8-19/h4-12,16,18,21H,3,13-15H2,1-2H3,(H2,27,28,29). The van der Waals surface area contributed by atoms with Crippen LogP contribution in [0, 0.1) is 0 Å². The summed E-state index contributed by atoms with van der Waals surface area (Å²) in [4.78, 5) is 22.4. The topological polar surface area (TPSA) is 108 Å². The third kappa shape index (κ3) is 4.67. The fourth-order valence-electron chi connectivity index (χ4n) is 4.42. The van der Waals surface area contributed by atoms with Gasteiger partial charge in [-0.15, -0.1) is 0 Å². The summed E-state index contributed by atoms with van der Waals surface area (Å²) in [7, 11) is 1.81. The lowest BCUT2D eigenvalue weighted by Crippen LogP contribution is -2.33. The van der Waals surface area contributed by atoms with Gasteiger partial charge in [-0.05, 0) is 36.4 Å². The Bertz CT molecular complexity index is 1320. The van der Waals surface area contributed by atoms with Gasteiger partial charge >= 0.3 is 0 Å². The van der Waals surface area contributed by atoms with Gasteiger partial charge in [0.15, 0.2) is 5.65 Å². The fraction of sp³-hybridized carbons (Fsp3) is 0.308. The third-order valence-electron chi connectivity index (χ3n) is 6.24. The van der Waals surface area contributed by atoms with Crippen molar-refractivity contribution in [3.63, 3.8) is 0 Å². The zero-order valence-corrected chi connectivity index (χ0v) is 19.8. The lowest BCUT2D eigenvalue weighted by atomic mass is 10.1. The lowest BCUT2D eigenvalue weighted by Gasteiger charge is -2.20. The molecule has 1 aliphatic heterocycles. The van der Waals surface area contributed by atoms with Crippen molar-refractivity contribution >= 4 is 22.8 Å². The van der Waals surface area contributed by atoms with Crippen molar-refractivity contribution in [1.29, 1.82) is 0 Å². The second-order valence-corrected chi connectivity index (χ2v) is 8.66. The monoisotopic (exact) mass is 472 g/mol. The van der Waals surface area contributed by atoms with E-state index in [1.807, 2.05) is 73.3 Å². The van der Waals surface area contributed by atoms with E-state index < -0.39 is 0 Å². The molecule has 0 aliphatic carbocycles. The van der Waals surface area contributed by atoms with E-state index in [1.54, 1.807) is 4.90 Å². The second kappa shape index (κ2) is 9.71. The number of para-hydroxylation sites is 1. The van der Waals surface area contributed by atoms with Crippen LogP contribution in [-0.4, -0.2) is 56.9 Å². The summed E-state index contributed by atoms with van der Waals surface area (Å²) in [6.45, 7) is 2.90. The average molecular weight is 473 g/mol. The first-order valence-corrected chi connectivity index (χ1v) is 11.7. The molecule has 1 amide bonds. The van der Waals surface area contributed by atoms with Crippen molar-refractivity contribution in [3.8, 4) is 22.8 Å². The number of anilines is 1. The van der Waals surface area contributed by atoms with Gasteiger partial charge in [-0.1, -0.05) is 25.1 Å². The van der Waals surface area contributed by atoms with Crippen LogP contribution in [-0.2, 0) is 9.53 Å². The molecule has 0 bridgehead atoms. The molecule has 2 N–H and O–H groups in total. The molecular formula is C26H28N6O3. The van der Waals surface area contributed by atoms with Crippen molar-refractivity contribution in [3.05, 3.63) is 60.9 Å². The van der Waals surface area contributed by atoms with Crippen LogP contribution in [0.3, 0.4) is 0 Å². The van der Waals surface area contributed by atoms with E-state index in [9.17, 15) is 4.79 Å². The predicted octanol–water partition coefficient (Wildman–Crippen LogP) is 4.07. The largest absolute Gasteiger partial charge is 0.457 e. The molecule has 35 heavy (non-hydrogen) atoms. The van der Waals surface area contributed by atoms with Gasteiger partial charge < -0.3 is 20.1 Å². The number of hydrogen-bond acceptors (Lipinski definition) is 7. The molecule has 1 aliphatic rings. The van der Waals surface area contributed by atoms with Crippen LogP contribution in [0.5, 0.6) is 11.5 Å². The second-order valence-electron chi connectivity index (χ2n) is 8.66. The highest BCUT2D eigenvalue weighted by molar-refractivity contribution is 5.98. The predicted molar refractivity (Wildman–Crippen MR) is 133 cm³/mol. The number of nitrogen functional groups attached to an aromatic ring is 1. The lowest BCUT2D eigenvalue weighted by molar-refractivity contribution is -0.130. The molecule has 9 heteroatoms. The van der Waals surface area contributed by atoms with Crippen LogP contribution in [0.25, 0.3) is 22.3 Å². The van der Waals surface area contributed by atoms with E-state index in [0.717, 1.165) is 23.5 Å². The number of rotatable bonds is 7. The van der Waals surface area contributed by atoms with Crippen LogP contribution in [0.2, 0.25) is 0 Å². The minimum atomic E-state index is -0.0585. The zero-order valence-electron chi connectivity index (χ0n) is 19.8. The zero-order chi connectivity index (χ0) is 24.4. The summed E-state index contributed by atoms with van der Waals surface area (Å²) in [6.07, 6.45) is 2.60. The molecule has 1 fully saturated rings. The first-order valence-electron chi connectivity index (χ1n) is 11.7. The van der Waals surface area contributed by atoms with E-state index in [1.165, 1.54) is 6.33 Å². The summed E-state index contributed by atoms with van der Waals surface area (Å²) < 4.78 is 13.8. The van der Waals surface area contributed by atoms with Crippen LogP contribution in [0.15, 0.2) is 60.9 Å². The van der Waals surface area contributed by atoms with Gasteiger partial charge in [0, 0.05) is 32.0 Å². The number of carbonyl (C=O) groups is 1. The number of fused-ring (bicyclic) bond motifs is 1. The number of nitrogens with two attached hydrogens (primary N) is 1. The molecule has 9 nitrogen and oxygen atoms in total. The van der Waals surface area contributed by atoms with Crippen molar-refractivity contribution in [1.82, 2.24) is 24.6 Å². The van der Waals surface area contributed by atoms with E-state index in [-0.39, 0.29) is 18.1 Å². The van der Waals surface area contributed by atoms with Gasteiger partial charge in [-0.25, -0.2) is 14.6 Å². The first-order chi connectivity index (χ1) is 17.0. The van der Waals surface area contributed by atoms with Crippen LogP contribution < -0.4 is 10.5 Å². The van der Waals surface area contributed by atoms with Crippen molar-refractivity contribution in [2.45, 2.75) is 31.9 Å². The van der Waals surface area contributed by atoms with E-state index in [2.05, 4.69) is 9.97 Å². The Hall–Kier alpha value is -3.98. The SMILES string of the molecule is CCC(=O)N(C)CC1CC(n2nc(-c3ccc(Oc4ccccc4)cc3)c3c(N)ncnc32)CO1. The number of aromatic nitrogens is 4. The normalized spacial score (nSPS) is 17.5. The van der Waals surface area contributed by atoms with Gasteiger partial charge in [0.2, 0.25) is 5.91 Å². The fourth-order valence-corrected chi connectivity index (χ4v) is 4.42. The highest BCUT2D eigenvalue weighted by Gasteiger charge is 2.31.